The van der Waals surface area contributed by atoms with Crippen LogP contribution in [0, 0.1) is 0 Å². The molecule has 0 aromatic heterocycles. The predicted molar refractivity (Wildman–Crippen MR) is 124 cm³/mol. The first-order valence-electron chi connectivity index (χ1n) is 10.3. The molecule has 3 aromatic carbocycles. The second-order valence-corrected chi connectivity index (χ2v) is 8.00. The Bertz CT molecular complexity index is 1130. The number of nitrogens with one attached hydrogen (secondary N) is 2. The number of anilines is 1. The molecule has 4 rings (SSSR count). The maximum Gasteiger partial charge on any atom is 0.255 e. The van der Waals surface area contributed by atoms with E-state index in [4.69, 9.17) is 21.1 Å². The summed E-state index contributed by atoms with van der Waals surface area (Å²) in [6, 6.07) is 19.5. The summed E-state index contributed by atoms with van der Waals surface area (Å²) in [6.45, 7) is 0.342. The van der Waals surface area contributed by atoms with Crippen LogP contribution in [0.1, 0.15) is 39.1 Å². The molecule has 0 atom stereocenters. The summed E-state index contributed by atoms with van der Waals surface area (Å²) < 4.78 is 11.2. The third kappa shape index (κ3) is 5.59. The van der Waals surface area contributed by atoms with Crippen LogP contribution in [0.25, 0.3) is 0 Å². The van der Waals surface area contributed by atoms with Crippen molar-refractivity contribution in [2.45, 2.75) is 25.5 Å². The quantitative estimate of drug-likeness (QED) is 0.502. The van der Waals surface area contributed by atoms with E-state index < -0.39 is 0 Å². The summed E-state index contributed by atoms with van der Waals surface area (Å²) in [4.78, 5) is 25.0. The molecule has 0 bridgehead atoms. The Kier molecular flexibility index (Phi) is 6.61. The van der Waals surface area contributed by atoms with Gasteiger partial charge < -0.3 is 20.1 Å². The first-order chi connectivity index (χ1) is 15.5. The van der Waals surface area contributed by atoms with Crippen LogP contribution in [0.3, 0.4) is 0 Å². The van der Waals surface area contributed by atoms with Crippen LogP contribution in [-0.2, 0) is 6.61 Å². The first-order valence-corrected chi connectivity index (χ1v) is 10.7. The topological polar surface area (TPSA) is 76.7 Å². The van der Waals surface area contributed by atoms with E-state index in [2.05, 4.69) is 10.6 Å². The van der Waals surface area contributed by atoms with Crippen molar-refractivity contribution in [2.24, 2.45) is 0 Å². The number of benzene rings is 3. The predicted octanol–water partition coefficient (Wildman–Crippen LogP) is 5.07. The minimum absolute atomic E-state index is 0.132. The van der Waals surface area contributed by atoms with Crippen molar-refractivity contribution < 1.29 is 19.1 Å². The molecule has 0 radical (unpaired) electrons. The smallest absolute Gasteiger partial charge is 0.255 e. The zero-order valence-electron chi connectivity index (χ0n) is 17.6. The number of methoxy groups -OCH3 is 1. The third-order valence-electron chi connectivity index (χ3n) is 5.03. The molecule has 1 fully saturated rings. The molecule has 32 heavy (non-hydrogen) atoms. The van der Waals surface area contributed by atoms with Crippen molar-refractivity contribution in [1.29, 1.82) is 0 Å². The van der Waals surface area contributed by atoms with E-state index in [1.807, 2.05) is 12.1 Å². The fourth-order valence-electron chi connectivity index (χ4n) is 3.11. The molecule has 1 saturated carbocycles. The molecule has 0 heterocycles. The van der Waals surface area contributed by atoms with Crippen LogP contribution in [0.5, 0.6) is 11.5 Å². The van der Waals surface area contributed by atoms with Crippen molar-refractivity contribution in [3.63, 3.8) is 0 Å². The zero-order valence-corrected chi connectivity index (χ0v) is 18.3. The summed E-state index contributed by atoms with van der Waals surface area (Å²) in [5.41, 5.74) is 2.43. The molecular formula is C25H23ClN2O4. The lowest BCUT2D eigenvalue weighted by Crippen LogP contribution is -2.25. The zero-order chi connectivity index (χ0) is 22.5. The lowest BCUT2D eigenvalue weighted by molar-refractivity contribution is 0.0949. The molecule has 0 unspecified atom stereocenters. The Morgan fingerprint density at radius 1 is 0.938 bits per heavy atom. The lowest BCUT2D eigenvalue weighted by Gasteiger charge is -2.13. The van der Waals surface area contributed by atoms with Gasteiger partial charge in [0.15, 0.2) is 11.5 Å². The number of halogens is 1. The van der Waals surface area contributed by atoms with E-state index in [0.717, 1.165) is 18.4 Å². The van der Waals surface area contributed by atoms with E-state index in [1.165, 1.54) is 7.11 Å². The number of rotatable bonds is 8. The van der Waals surface area contributed by atoms with Gasteiger partial charge in [-0.05, 0) is 66.9 Å². The standard InChI is InChI=1S/C25H23ClN2O4/c1-31-23-14-18(7-12-22(23)32-15-16-5-8-19(26)9-6-16)25(30)28-21-4-2-3-17(13-21)24(29)27-20-10-11-20/h2-9,12-14,20H,10-11,15H2,1H3,(H,27,29)(H,28,30). The van der Waals surface area contributed by atoms with Gasteiger partial charge in [0.1, 0.15) is 6.61 Å². The summed E-state index contributed by atoms with van der Waals surface area (Å²) >= 11 is 5.91. The molecule has 6 nitrogen and oxygen atoms in total. The van der Waals surface area contributed by atoms with Gasteiger partial charge in [-0.25, -0.2) is 0 Å². The third-order valence-corrected chi connectivity index (χ3v) is 5.28. The molecule has 2 amide bonds. The van der Waals surface area contributed by atoms with Crippen LogP contribution >= 0.6 is 11.6 Å². The average Bonchev–Trinajstić information content (AvgIpc) is 3.62. The van der Waals surface area contributed by atoms with E-state index in [0.29, 0.717) is 39.9 Å². The largest absolute Gasteiger partial charge is 0.493 e. The highest BCUT2D eigenvalue weighted by Crippen LogP contribution is 2.29. The van der Waals surface area contributed by atoms with Gasteiger partial charge in [-0.3, -0.25) is 9.59 Å². The SMILES string of the molecule is COc1cc(C(=O)Nc2cccc(C(=O)NC3CC3)c2)ccc1OCc1ccc(Cl)cc1. The molecular weight excluding hydrogens is 428 g/mol. The Labute approximate surface area is 191 Å². The normalized spacial score (nSPS) is 12.7. The Morgan fingerprint density at radius 3 is 2.41 bits per heavy atom. The maximum atomic E-state index is 12.8. The van der Waals surface area contributed by atoms with Crippen molar-refractivity contribution >= 4 is 29.1 Å². The molecule has 0 spiro atoms. The summed E-state index contributed by atoms with van der Waals surface area (Å²) in [6.07, 6.45) is 2.03. The average molecular weight is 451 g/mol. The van der Waals surface area contributed by atoms with E-state index in [-0.39, 0.29) is 17.9 Å². The maximum absolute atomic E-state index is 12.8. The van der Waals surface area contributed by atoms with Crippen molar-refractivity contribution in [2.75, 3.05) is 12.4 Å². The Morgan fingerprint density at radius 2 is 1.69 bits per heavy atom. The highest BCUT2D eigenvalue weighted by atomic mass is 35.5. The molecule has 7 heteroatoms. The van der Waals surface area contributed by atoms with Crippen molar-refractivity contribution in [3.8, 4) is 11.5 Å². The van der Waals surface area contributed by atoms with E-state index in [9.17, 15) is 9.59 Å². The fourth-order valence-corrected chi connectivity index (χ4v) is 3.23. The molecule has 164 valence electrons. The van der Waals surface area contributed by atoms with Crippen LogP contribution in [0.15, 0.2) is 66.7 Å². The highest BCUT2D eigenvalue weighted by Gasteiger charge is 2.23. The van der Waals surface area contributed by atoms with Gasteiger partial charge in [0, 0.05) is 27.9 Å². The molecule has 1 aliphatic rings. The summed E-state index contributed by atoms with van der Waals surface area (Å²) in [5, 5.41) is 6.43. The summed E-state index contributed by atoms with van der Waals surface area (Å²) in [5.74, 6) is 0.529. The number of carbonyl (C=O) groups excluding carboxylic acids is 2. The molecule has 0 aliphatic heterocycles. The van der Waals surface area contributed by atoms with E-state index in [1.54, 1.807) is 54.6 Å². The lowest BCUT2D eigenvalue weighted by atomic mass is 10.1. The second kappa shape index (κ2) is 9.75. The molecule has 0 saturated heterocycles. The number of hydrogen-bond donors (Lipinski definition) is 2. The van der Waals surface area contributed by atoms with Gasteiger partial charge in [0.05, 0.1) is 7.11 Å². The van der Waals surface area contributed by atoms with Gasteiger partial charge in [-0.1, -0.05) is 29.8 Å². The molecule has 1 aliphatic carbocycles. The van der Waals surface area contributed by atoms with Crippen LogP contribution < -0.4 is 20.1 Å². The van der Waals surface area contributed by atoms with Gasteiger partial charge in [0.25, 0.3) is 11.8 Å². The highest BCUT2D eigenvalue weighted by molar-refractivity contribution is 6.30. The van der Waals surface area contributed by atoms with Crippen molar-refractivity contribution in [3.05, 3.63) is 88.4 Å². The van der Waals surface area contributed by atoms with Crippen molar-refractivity contribution in [1.82, 2.24) is 5.32 Å². The minimum Gasteiger partial charge on any atom is -0.493 e. The number of hydrogen-bond acceptors (Lipinski definition) is 4. The van der Waals surface area contributed by atoms with Gasteiger partial charge in [-0.2, -0.15) is 0 Å². The Balaban J connectivity index is 1.42. The fraction of sp³-hybridized carbons (Fsp3) is 0.200. The van der Waals surface area contributed by atoms with E-state index >= 15 is 0 Å². The monoisotopic (exact) mass is 450 g/mol. The van der Waals surface area contributed by atoms with Crippen LogP contribution in [0.4, 0.5) is 5.69 Å². The molecule has 3 aromatic rings. The first kappa shape index (κ1) is 21.7. The Hall–Kier alpha value is -3.51. The number of ether oxygens (including phenoxy) is 2. The van der Waals surface area contributed by atoms with Crippen LogP contribution in [0.2, 0.25) is 5.02 Å². The minimum atomic E-state index is -0.313. The second-order valence-electron chi connectivity index (χ2n) is 7.56. The van der Waals surface area contributed by atoms with Gasteiger partial charge in [0.2, 0.25) is 0 Å². The van der Waals surface area contributed by atoms with Crippen LogP contribution in [-0.4, -0.2) is 25.0 Å². The van der Waals surface area contributed by atoms with Gasteiger partial charge >= 0.3 is 0 Å². The summed E-state index contributed by atoms with van der Waals surface area (Å²) in [7, 11) is 1.52. The molecule has 2 N–H and O–H groups in total. The number of carbonyl (C=O) groups is 2. The van der Waals surface area contributed by atoms with Gasteiger partial charge in [-0.15, -0.1) is 0 Å². The number of amides is 2.